The molecule has 0 saturated heterocycles. The summed E-state index contributed by atoms with van der Waals surface area (Å²) in [6.45, 7) is 10.5. The van der Waals surface area contributed by atoms with Crippen molar-refractivity contribution in [3.63, 3.8) is 0 Å². The van der Waals surface area contributed by atoms with Crippen molar-refractivity contribution in [1.29, 1.82) is 0 Å². The van der Waals surface area contributed by atoms with E-state index in [0.717, 1.165) is 16.5 Å². The van der Waals surface area contributed by atoms with Gasteiger partial charge in [0.15, 0.2) is 5.78 Å². The number of Topliss-reactive ketones (excluding diaryl/α,β-unsaturated/α-hetero) is 1. The van der Waals surface area contributed by atoms with Gasteiger partial charge in [-0.25, -0.2) is 0 Å². The summed E-state index contributed by atoms with van der Waals surface area (Å²) in [5, 5.41) is 2.32. The molecule has 3 rings (SSSR count). The van der Waals surface area contributed by atoms with Crippen molar-refractivity contribution in [2.45, 2.75) is 34.6 Å². The summed E-state index contributed by atoms with van der Waals surface area (Å²) in [6.07, 6.45) is 0. The Bertz CT molecular complexity index is 849. The molecule has 1 unspecified atom stereocenters. The van der Waals surface area contributed by atoms with Crippen molar-refractivity contribution in [3.8, 4) is 0 Å². The second-order valence-corrected chi connectivity index (χ2v) is 6.37. The van der Waals surface area contributed by atoms with E-state index in [-0.39, 0.29) is 5.78 Å². The molecule has 0 bridgehead atoms. The summed E-state index contributed by atoms with van der Waals surface area (Å²) in [6, 6.07) is 12.5. The number of carbonyl (C=O) groups excluding carboxylic acids is 1. The molecule has 1 nitrogen and oxygen atoms in total. The molecule has 2 aromatic rings. The predicted octanol–water partition coefficient (Wildman–Crippen LogP) is 5.80. The minimum atomic E-state index is 0.135. The van der Waals surface area contributed by atoms with Gasteiger partial charge in [-0.15, -0.1) is 0 Å². The molecule has 0 aromatic heterocycles. The number of hydrogen-bond donors (Lipinski definition) is 0. The molecule has 0 spiro atoms. The molecule has 1 aliphatic rings. The van der Waals surface area contributed by atoms with Gasteiger partial charge in [0.05, 0.1) is 0 Å². The van der Waals surface area contributed by atoms with Crippen LogP contribution in [0.4, 0.5) is 0 Å². The summed E-state index contributed by atoms with van der Waals surface area (Å²) in [4.78, 5) is 12.2. The Morgan fingerprint density at radius 3 is 2.05 bits per heavy atom. The molecule has 0 saturated carbocycles. The summed E-state index contributed by atoms with van der Waals surface area (Å²) < 4.78 is 0. The lowest BCUT2D eigenvalue weighted by molar-refractivity contribution is 0.101. The van der Waals surface area contributed by atoms with Gasteiger partial charge in [-0.3, -0.25) is 4.79 Å². The average molecular weight is 290 g/mol. The number of hydrogen-bond acceptors (Lipinski definition) is 1. The maximum Gasteiger partial charge on any atom is 0.160 e. The monoisotopic (exact) mass is 290 g/mol. The first kappa shape index (κ1) is 14.8. The fourth-order valence-corrected chi connectivity index (χ4v) is 3.55. The van der Waals surface area contributed by atoms with E-state index in [1.165, 1.54) is 27.7 Å². The smallest absolute Gasteiger partial charge is 0.160 e. The predicted molar refractivity (Wildman–Crippen MR) is 94.1 cm³/mol. The van der Waals surface area contributed by atoms with Gasteiger partial charge < -0.3 is 0 Å². The van der Waals surface area contributed by atoms with Crippen LogP contribution in [-0.4, -0.2) is 5.78 Å². The second kappa shape index (κ2) is 5.24. The van der Waals surface area contributed by atoms with Crippen molar-refractivity contribution in [1.82, 2.24) is 0 Å². The first-order valence-electron chi connectivity index (χ1n) is 7.84. The standard InChI is InChI=1S/C21H22O/c1-12-13(2)15(4)21(14(12)3)20-11-18-9-7-6-8-17(18)10-19(20)16(5)22/h6-11,14H,1-5H3. The fourth-order valence-electron chi connectivity index (χ4n) is 3.55. The number of ketones is 1. The highest BCUT2D eigenvalue weighted by Gasteiger charge is 2.27. The highest BCUT2D eigenvalue weighted by Crippen LogP contribution is 2.44. The third-order valence-corrected chi connectivity index (χ3v) is 5.20. The Morgan fingerprint density at radius 1 is 0.955 bits per heavy atom. The molecule has 1 heteroatoms. The highest BCUT2D eigenvalue weighted by atomic mass is 16.1. The number of allylic oxidation sites excluding steroid dienone is 4. The zero-order valence-corrected chi connectivity index (χ0v) is 13.9. The first-order chi connectivity index (χ1) is 10.4. The first-order valence-corrected chi connectivity index (χ1v) is 7.84. The summed E-state index contributed by atoms with van der Waals surface area (Å²) >= 11 is 0. The largest absolute Gasteiger partial charge is 0.294 e. The van der Waals surface area contributed by atoms with Crippen molar-refractivity contribution in [2.75, 3.05) is 0 Å². The Morgan fingerprint density at radius 2 is 1.55 bits per heavy atom. The van der Waals surface area contributed by atoms with Gasteiger partial charge in [0.2, 0.25) is 0 Å². The Labute approximate surface area is 132 Å². The molecule has 0 heterocycles. The number of fused-ring (bicyclic) bond motifs is 1. The quantitative estimate of drug-likeness (QED) is 0.639. The van der Waals surface area contributed by atoms with Gasteiger partial charge in [-0.05, 0) is 72.9 Å². The molecule has 2 aromatic carbocycles. The van der Waals surface area contributed by atoms with Crippen LogP contribution in [0.15, 0.2) is 53.1 Å². The second-order valence-electron chi connectivity index (χ2n) is 6.37. The Hall–Kier alpha value is -2.15. The van der Waals surface area contributed by atoms with Crippen LogP contribution in [0.25, 0.3) is 16.3 Å². The fraction of sp³-hybridized carbons (Fsp3) is 0.286. The van der Waals surface area contributed by atoms with E-state index in [1.807, 2.05) is 18.2 Å². The summed E-state index contributed by atoms with van der Waals surface area (Å²) in [5.41, 5.74) is 7.35. The third-order valence-electron chi connectivity index (χ3n) is 5.20. The lowest BCUT2D eigenvalue weighted by atomic mass is 9.86. The molecule has 0 amide bonds. The molecular formula is C21H22O. The molecule has 0 aliphatic heterocycles. The SMILES string of the molecule is CC(=O)c1cc2ccccc2cc1C1=C(C)C(C)=C(C)C1C. The molecular weight excluding hydrogens is 268 g/mol. The molecule has 0 N–H and O–H groups in total. The van der Waals surface area contributed by atoms with Crippen LogP contribution in [0.1, 0.15) is 50.5 Å². The van der Waals surface area contributed by atoms with Gasteiger partial charge >= 0.3 is 0 Å². The summed E-state index contributed by atoms with van der Waals surface area (Å²) in [7, 11) is 0. The zero-order valence-electron chi connectivity index (χ0n) is 13.9. The van der Waals surface area contributed by atoms with Crippen LogP contribution in [0.5, 0.6) is 0 Å². The van der Waals surface area contributed by atoms with Gasteiger partial charge in [0.25, 0.3) is 0 Å². The molecule has 1 aliphatic carbocycles. The maximum absolute atomic E-state index is 12.2. The van der Waals surface area contributed by atoms with Crippen molar-refractivity contribution < 1.29 is 4.79 Å². The van der Waals surface area contributed by atoms with Gasteiger partial charge in [0.1, 0.15) is 0 Å². The minimum absolute atomic E-state index is 0.135. The van der Waals surface area contributed by atoms with Crippen LogP contribution in [-0.2, 0) is 0 Å². The zero-order chi connectivity index (χ0) is 16.0. The molecule has 112 valence electrons. The molecule has 0 fully saturated rings. The number of rotatable bonds is 2. The van der Waals surface area contributed by atoms with E-state index in [4.69, 9.17) is 0 Å². The topological polar surface area (TPSA) is 17.1 Å². The average Bonchev–Trinajstić information content (AvgIpc) is 2.69. The van der Waals surface area contributed by atoms with Crippen molar-refractivity contribution >= 4 is 22.1 Å². The van der Waals surface area contributed by atoms with Crippen LogP contribution >= 0.6 is 0 Å². The summed E-state index contributed by atoms with van der Waals surface area (Å²) in [5.74, 6) is 0.509. The highest BCUT2D eigenvalue weighted by molar-refractivity contribution is 6.04. The normalized spacial score (nSPS) is 18.5. The van der Waals surface area contributed by atoms with Crippen molar-refractivity contribution in [2.24, 2.45) is 5.92 Å². The number of benzene rings is 2. The van der Waals surface area contributed by atoms with Crippen LogP contribution in [0, 0.1) is 5.92 Å². The van der Waals surface area contributed by atoms with E-state index < -0.39 is 0 Å². The Kier molecular flexibility index (Phi) is 3.52. The molecule has 1 atom stereocenters. The van der Waals surface area contributed by atoms with E-state index in [0.29, 0.717) is 5.92 Å². The molecule has 22 heavy (non-hydrogen) atoms. The van der Waals surface area contributed by atoms with Gasteiger partial charge in [-0.1, -0.05) is 36.8 Å². The third kappa shape index (κ3) is 2.12. The van der Waals surface area contributed by atoms with Crippen LogP contribution < -0.4 is 0 Å². The van der Waals surface area contributed by atoms with Crippen molar-refractivity contribution in [3.05, 3.63) is 64.2 Å². The minimum Gasteiger partial charge on any atom is -0.294 e. The van der Waals surface area contributed by atoms with E-state index >= 15 is 0 Å². The lowest BCUT2D eigenvalue weighted by Gasteiger charge is -2.17. The Balaban J connectivity index is 2.31. The molecule has 0 radical (unpaired) electrons. The van der Waals surface area contributed by atoms with Crippen LogP contribution in [0.3, 0.4) is 0 Å². The maximum atomic E-state index is 12.2. The van der Waals surface area contributed by atoms with Gasteiger partial charge in [0, 0.05) is 11.5 Å². The van der Waals surface area contributed by atoms with Gasteiger partial charge in [-0.2, -0.15) is 0 Å². The van der Waals surface area contributed by atoms with E-state index in [1.54, 1.807) is 6.92 Å². The van der Waals surface area contributed by atoms with E-state index in [9.17, 15) is 4.79 Å². The lowest BCUT2D eigenvalue weighted by Crippen LogP contribution is -2.04. The van der Waals surface area contributed by atoms with E-state index in [2.05, 4.69) is 45.9 Å². The number of carbonyl (C=O) groups is 1. The van der Waals surface area contributed by atoms with Crippen LogP contribution in [0.2, 0.25) is 0 Å².